The summed E-state index contributed by atoms with van der Waals surface area (Å²) in [6, 6.07) is 3.51. The minimum Gasteiger partial charge on any atom is -0.507 e. The van der Waals surface area contributed by atoms with Crippen LogP contribution in [0.3, 0.4) is 0 Å². The Morgan fingerprint density at radius 2 is 1.60 bits per heavy atom. The lowest BCUT2D eigenvalue weighted by Crippen LogP contribution is -2.20. The number of rotatable bonds is 4. The van der Waals surface area contributed by atoms with Crippen molar-refractivity contribution in [3.05, 3.63) is 28.8 Å². The van der Waals surface area contributed by atoms with Gasteiger partial charge in [-0.2, -0.15) is 0 Å². The van der Waals surface area contributed by atoms with Gasteiger partial charge in [0.15, 0.2) is 0 Å². The van der Waals surface area contributed by atoms with Gasteiger partial charge in [-0.25, -0.2) is 0 Å². The molecule has 0 aromatic heterocycles. The summed E-state index contributed by atoms with van der Waals surface area (Å²) in [6.07, 6.45) is 0.404. The number of aliphatic hydroxyl groups is 1. The average Bonchev–Trinajstić information content (AvgIpc) is 2.24. The molecule has 0 heterocycles. The van der Waals surface area contributed by atoms with Crippen molar-refractivity contribution in [3.63, 3.8) is 0 Å². The van der Waals surface area contributed by atoms with Crippen molar-refractivity contribution < 1.29 is 20.1 Å². The third kappa shape index (κ3) is 3.97. The molecule has 1 aromatic carbocycles. The molecule has 0 saturated carbocycles. The fourth-order valence-electron chi connectivity index (χ4n) is 2.13. The first-order valence-corrected chi connectivity index (χ1v) is 6.74. The van der Waals surface area contributed by atoms with Crippen LogP contribution in [0.25, 0.3) is 0 Å². The zero-order chi connectivity index (χ0) is 15.7. The third-order valence-corrected chi connectivity index (χ3v) is 3.26. The molecule has 20 heavy (non-hydrogen) atoms. The van der Waals surface area contributed by atoms with Gasteiger partial charge in [0.05, 0.1) is 5.60 Å². The first-order valence-electron chi connectivity index (χ1n) is 6.74. The summed E-state index contributed by atoms with van der Waals surface area (Å²) in [6.45, 7) is 9.12. The Bertz CT molecular complexity index is 469. The fraction of sp³-hybridized carbons (Fsp3) is 0.562. The molecule has 0 aliphatic heterocycles. The molecule has 0 atom stereocenters. The molecular weight excluding hydrogens is 256 g/mol. The Kier molecular flexibility index (Phi) is 4.49. The summed E-state index contributed by atoms with van der Waals surface area (Å²) in [5.74, 6) is -0.774. The normalized spacial score (nSPS) is 12.5. The maximum Gasteiger partial charge on any atom is 0.303 e. The number of carboxylic acids is 1. The molecule has 0 radical (unpaired) electrons. The Hall–Kier alpha value is -1.55. The molecule has 0 aliphatic rings. The van der Waals surface area contributed by atoms with Crippen molar-refractivity contribution >= 4 is 5.97 Å². The van der Waals surface area contributed by atoms with Crippen LogP contribution in [0.1, 0.15) is 57.7 Å². The first-order chi connectivity index (χ1) is 8.93. The lowest BCUT2D eigenvalue weighted by atomic mass is 9.81. The Balaban J connectivity index is 3.38. The second-order valence-corrected chi connectivity index (χ2v) is 6.74. The molecule has 3 N–H and O–H groups in total. The van der Waals surface area contributed by atoms with Crippen LogP contribution in [0, 0.1) is 0 Å². The van der Waals surface area contributed by atoms with Gasteiger partial charge < -0.3 is 15.3 Å². The van der Waals surface area contributed by atoms with E-state index in [1.807, 2.05) is 26.8 Å². The Labute approximate surface area is 120 Å². The largest absolute Gasteiger partial charge is 0.507 e. The highest BCUT2D eigenvalue weighted by Gasteiger charge is 2.27. The van der Waals surface area contributed by atoms with Gasteiger partial charge in [0, 0.05) is 12.0 Å². The topological polar surface area (TPSA) is 77.8 Å². The maximum atomic E-state index is 10.7. The second-order valence-electron chi connectivity index (χ2n) is 6.74. The van der Waals surface area contributed by atoms with Crippen LogP contribution >= 0.6 is 0 Å². The van der Waals surface area contributed by atoms with Gasteiger partial charge in [-0.3, -0.25) is 4.79 Å². The maximum absolute atomic E-state index is 10.7. The Morgan fingerprint density at radius 3 is 2.00 bits per heavy atom. The molecule has 1 aromatic rings. The van der Waals surface area contributed by atoms with Crippen LogP contribution in [0.15, 0.2) is 12.1 Å². The number of aromatic hydroxyl groups is 1. The summed E-state index contributed by atoms with van der Waals surface area (Å²) >= 11 is 0. The molecule has 0 unspecified atom stereocenters. The van der Waals surface area contributed by atoms with Crippen LogP contribution in [-0.2, 0) is 22.2 Å². The number of benzene rings is 1. The summed E-state index contributed by atoms with van der Waals surface area (Å²) in [5.41, 5.74) is 0.502. The summed E-state index contributed by atoms with van der Waals surface area (Å²) in [7, 11) is 0. The van der Waals surface area contributed by atoms with Crippen molar-refractivity contribution in [3.8, 4) is 5.75 Å². The van der Waals surface area contributed by atoms with Crippen molar-refractivity contribution in [1.82, 2.24) is 0 Å². The molecule has 4 heteroatoms. The van der Waals surface area contributed by atoms with Gasteiger partial charge in [0.1, 0.15) is 5.75 Å². The van der Waals surface area contributed by atoms with E-state index in [1.54, 1.807) is 19.9 Å². The molecule has 0 saturated heterocycles. The highest BCUT2D eigenvalue weighted by molar-refractivity contribution is 5.67. The third-order valence-electron chi connectivity index (χ3n) is 3.26. The number of hydrogen-bond donors (Lipinski definition) is 3. The van der Waals surface area contributed by atoms with E-state index in [9.17, 15) is 15.0 Å². The van der Waals surface area contributed by atoms with Crippen molar-refractivity contribution in [1.29, 1.82) is 0 Å². The number of phenolic OH excluding ortho intramolecular Hbond substituents is 1. The lowest BCUT2D eigenvalue weighted by Gasteiger charge is -2.27. The number of hydrogen-bond acceptors (Lipinski definition) is 3. The van der Waals surface area contributed by atoms with Crippen molar-refractivity contribution in [2.45, 2.75) is 58.5 Å². The summed E-state index contributed by atoms with van der Waals surface area (Å²) in [5, 5.41) is 29.4. The quantitative estimate of drug-likeness (QED) is 0.792. The lowest BCUT2D eigenvalue weighted by molar-refractivity contribution is -0.136. The molecule has 0 fully saturated rings. The number of aliphatic carboxylic acids is 1. The average molecular weight is 280 g/mol. The minimum absolute atomic E-state index is 0.0274. The number of carbonyl (C=O) groups is 1. The zero-order valence-corrected chi connectivity index (χ0v) is 12.8. The predicted molar refractivity (Wildman–Crippen MR) is 78.0 cm³/mol. The molecule has 4 nitrogen and oxygen atoms in total. The van der Waals surface area contributed by atoms with Gasteiger partial charge in [-0.15, -0.1) is 0 Å². The zero-order valence-electron chi connectivity index (χ0n) is 12.8. The van der Waals surface area contributed by atoms with E-state index in [-0.39, 0.29) is 17.6 Å². The van der Waals surface area contributed by atoms with Crippen LogP contribution in [-0.4, -0.2) is 21.3 Å². The van der Waals surface area contributed by atoms with Gasteiger partial charge >= 0.3 is 5.97 Å². The van der Waals surface area contributed by atoms with Gasteiger partial charge in [0.2, 0.25) is 0 Å². The molecule has 112 valence electrons. The summed E-state index contributed by atoms with van der Waals surface area (Å²) in [4.78, 5) is 10.7. The smallest absolute Gasteiger partial charge is 0.303 e. The highest BCUT2D eigenvalue weighted by Crippen LogP contribution is 2.39. The van der Waals surface area contributed by atoms with Gasteiger partial charge in [-0.05, 0) is 42.9 Å². The molecule has 0 aliphatic carbocycles. The molecule has 1 rings (SSSR count). The number of aryl methyl sites for hydroxylation is 1. The molecular formula is C16H24O4. The highest BCUT2D eigenvalue weighted by atomic mass is 16.4. The van der Waals surface area contributed by atoms with Crippen LogP contribution < -0.4 is 0 Å². The molecule has 0 amide bonds. The minimum atomic E-state index is -1.18. The van der Waals surface area contributed by atoms with E-state index < -0.39 is 11.6 Å². The number of carboxylic acid groups (broad SMARTS) is 1. The van der Waals surface area contributed by atoms with E-state index >= 15 is 0 Å². The van der Waals surface area contributed by atoms with E-state index in [1.165, 1.54) is 0 Å². The van der Waals surface area contributed by atoms with Crippen LogP contribution in [0.2, 0.25) is 0 Å². The summed E-state index contributed by atoms with van der Waals surface area (Å²) < 4.78 is 0. The molecule has 0 spiro atoms. The van der Waals surface area contributed by atoms with E-state index in [4.69, 9.17) is 5.11 Å². The van der Waals surface area contributed by atoms with Gasteiger partial charge in [0.25, 0.3) is 0 Å². The standard InChI is InChI=1S/C16H24O4/c1-15(2,3)11-8-10(6-7-13(17)18)9-12(14(11)19)16(4,5)20/h8-9,19-20H,6-7H2,1-5H3,(H,17,18). The van der Waals surface area contributed by atoms with Crippen molar-refractivity contribution in [2.24, 2.45) is 0 Å². The van der Waals surface area contributed by atoms with E-state index in [0.29, 0.717) is 12.0 Å². The first kappa shape index (κ1) is 16.5. The monoisotopic (exact) mass is 280 g/mol. The van der Waals surface area contributed by atoms with Crippen LogP contribution in [0.4, 0.5) is 0 Å². The SMILES string of the molecule is CC(C)(C)c1cc(CCC(=O)O)cc(C(C)(C)O)c1O. The van der Waals surface area contributed by atoms with Crippen molar-refractivity contribution in [2.75, 3.05) is 0 Å². The van der Waals surface area contributed by atoms with Crippen LogP contribution in [0.5, 0.6) is 5.75 Å². The van der Waals surface area contributed by atoms with Gasteiger partial charge in [-0.1, -0.05) is 26.8 Å². The second kappa shape index (κ2) is 5.44. The van der Waals surface area contributed by atoms with E-state index in [0.717, 1.165) is 11.1 Å². The van der Waals surface area contributed by atoms with E-state index in [2.05, 4.69) is 0 Å². The number of phenols is 1. The fourth-order valence-corrected chi connectivity index (χ4v) is 2.13. The predicted octanol–water partition coefficient (Wildman–Crippen LogP) is 2.93. The molecule has 0 bridgehead atoms. The Morgan fingerprint density at radius 1 is 1.10 bits per heavy atom.